The number of aryl methyl sites for hydroxylation is 1. The number of hydrogen-bond donors (Lipinski definition) is 3. The van der Waals surface area contributed by atoms with Gasteiger partial charge in [-0.3, -0.25) is 4.79 Å². The van der Waals surface area contributed by atoms with Crippen LogP contribution in [0.4, 0.5) is 10.5 Å². The van der Waals surface area contributed by atoms with Crippen molar-refractivity contribution in [1.29, 1.82) is 0 Å². The Labute approximate surface area is 123 Å². The number of hydrogen-bond acceptors (Lipinski definition) is 3. The number of anilines is 1. The van der Waals surface area contributed by atoms with Crippen LogP contribution >= 0.6 is 0 Å². The first kappa shape index (κ1) is 15.3. The van der Waals surface area contributed by atoms with Gasteiger partial charge in [0.25, 0.3) is 0 Å². The summed E-state index contributed by atoms with van der Waals surface area (Å²) in [6, 6.07) is 6.93. The van der Waals surface area contributed by atoms with Gasteiger partial charge in [0.1, 0.15) is 0 Å². The van der Waals surface area contributed by atoms with E-state index in [0.717, 1.165) is 12.0 Å². The van der Waals surface area contributed by atoms with Gasteiger partial charge in [0.2, 0.25) is 0 Å². The highest BCUT2D eigenvalue weighted by molar-refractivity contribution is 5.89. The number of nitrogens with one attached hydrogen (secondary N) is 2. The van der Waals surface area contributed by atoms with Gasteiger partial charge >= 0.3 is 12.0 Å². The minimum Gasteiger partial charge on any atom is -0.481 e. The van der Waals surface area contributed by atoms with E-state index in [1.165, 1.54) is 0 Å². The molecule has 21 heavy (non-hydrogen) atoms. The Kier molecular flexibility index (Phi) is 4.80. The summed E-state index contributed by atoms with van der Waals surface area (Å²) in [5.74, 6) is -0.833. The molecule has 0 spiro atoms. The largest absolute Gasteiger partial charge is 0.481 e. The number of carbonyl (C=O) groups is 2. The predicted octanol–water partition coefficient (Wildman–Crippen LogP) is 2.00. The van der Waals surface area contributed by atoms with Crippen molar-refractivity contribution in [2.75, 3.05) is 18.5 Å². The first-order chi connectivity index (χ1) is 9.97. The number of rotatable bonds is 5. The highest BCUT2D eigenvalue weighted by Gasteiger charge is 2.31. The monoisotopic (exact) mass is 292 g/mol. The van der Waals surface area contributed by atoms with Crippen molar-refractivity contribution in [3.8, 4) is 0 Å². The number of benzene rings is 1. The molecule has 1 heterocycles. The van der Waals surface area contributed by atoms with E-state index in [2.05, 4.69) is 10.6 Å². The minimum atomic E-state index is -0.833. The van der Waals surface area contributed by atoms with E-state index in [-0.39, 0.29) is 18.0 Å². The van der Waals surface area contributed by atoms with Crippen LogP contribution in [0.3, 0.4) is 0 Å². The molecular formula is C15H20N2O4. The van der Waals surface area contributed by atoms with E-state index >= 15 is 0 Å². The minimum absolute atomic E-state index is 0.0745. The number of carbonyl (C=O) groups excluding carboxylic acids is 1. The van der Waals surface area contributed by atoms with Gasteiger partial charge in [-0.2, -0.15) is 0 Å². The Morgan fingerprint density at radius 2 is 2.24 bits per heavy atom. The van der Waals surface area contributed by atoms with E-state index in [9.17, 15) is 9.59 Å². The van der Waals surface area contributed by atoms with E-state index < -0.39 is 5.97 Å². The molecule has 3 N–H and O–H groups in total. The third kappa shape index (κ3) is 4.75. The van der Waals surface area contributed by atoms with Crippen LogP contribution in [-0.4, -0.2) is 35.9 Å². The maximum Gasteiger partial charge on any atom is 0.319 e. The smallest absolute Gasteiger partial charge is 0.319 e. The quantitative estimate of drug-likeness (QED) is 0.774. The summed E-state index contributed by atoms with van der Waals surface area (Å²) in [6.07, 6.45) is 1.31. The molecule has 2 amide bonds. The summed E-state index contributed by atoms with van der Waals surface area (Å²) in [7, 11) is 0. The van der Waals surface area contributed by atoms with Crippen LogP contribution in [0.25, 0.3) is 0 Å². The van der Waals surface area contributed by atoms with Gasteiger partial charge in [0.05, 0.1) is 12.1 Å². The molecule has 1 aliphatic heterocycles. The van der Waals surface area contributed by atoms with Crippen LogP contribution in [0, 0.1) is 0 Å². The van der Waals surface area contributed by atoms with E-state index in [1.807, 2.05) is 13.0 Å². The molecule has 1 unspecified atom stereocenters. The fourth-order valence-electron chi connectivity index (χ4n) is 2.26. The molecule has 0 aromatic heterocycles. The fourth-order valence-corrected chi connectivity index (χ4v) is 2.26. The SMILES string of the molecule is CC1(NC(=O)Nc2cccc(CCC(=O)O)c2)CCOC1. The Morgan fingerprint density at radius 3 is 2.90 bits per heavy atom. The molecular weight excluding hydrogens is 272 g/mol. The van der Waals surface area contributed by atoms with Crippen LogP contribution in [0.2, 0.25) is 0 Å². The Balaban J connectivity index is 1.91. The Morgan fingerprint density at radius 1 is 1.43 bits per heavy atom. The number of amides is 2. The topological polar surface area (TPSA) is 87.7 Å². The lowest BCUT2D eigenvalue weighted by Crippen LogP contribution is -2.48. The zero-order valence-corrected chi connectivity index (χ0v) is 12.0. The molecule has 114 valence electrons. The van der Waals surface area contributed by atoms with Crippen LogP contribution < -0.4 is 10.6 Å². The average Bonchev–Trinajstić information content (AvgIpc) is 2.83. The number of aliphatic carboxylic acids is 1. The average molecular weight is 292 g/mol. The van der Waals surface area contributed by atoms with Crippen LogP contribution in [-0.2, 0) is 16.0 Å². The third-order valence-electron chi connectivity index (χ3n) is 3.45. The van der Waals surface area contributed by atoms with Gasteiger partial charge in [-0.1, -0.05) is 12.1 Å². The lowest BCUT2D eigenvalue weighted by atomic mass is 10.0. The second kappa shape index (κ2) is 6.58. The number of urea groups is 1. The zero-order valence-electron chi connectivity index (χ0n) is 12.0. The van der Waals surface area contributed by atoms with Crippen molar-refractivity contribution in [3.63, 3.8) is 0 Å². The Hall–Kier alpha value is -2.08. The molecule has 0 aliphatic carbocycles. The first-order valence-corrected chi connectivity index (χ1v) is 6.94. The van der Waals surface area contributed by atoms with Crippen molar-refractivity contribution in [2.45, 2.75) is 31.7 Å². The van der Waals surface area contributed by atoms with E-state index in [0.29, 0.717) is 25.3 Å². The van der Waals surface area contributed by atoms with Crippen LogP contribution in [0.1, 0.15) is 25.3 Å². The summed E-state index contributed by atoms with van der Waals surface area (Å²) < 4.78 is 5.29. The van der Waals surface area contributed by atoms with E-state index in [1.54, 1.807) is 18.2 Å². The van der Waals surface area contributed by atoms with Crippen molar-refractivity contribution in [2.24, 2.45) is 0 Å². The molecule has 1 aromatic carbocycles. The number of carboxylic acids is 1. The van der Waals surface area contributed by atoms with Crippen LogP contribution in [0.15, 0.2) is 24.3 Å². The highest BCUT2D eigenvalue weighted by atomic mass is 16.5. The molecule has 0 bridgehead atoms. The molecule has 2 rings (SSSR count). The molecule has 1 aliphatic rings. The second-order valence-corrected chi connectivity index (χ2v) is 5.54. The third-order valence-corrected chi connectivity index (χ3v) is 3.45. The van der Waals surface area contributed by atoms with Crippen molar-refractivity contribution in [1.82, 2.24) is 5.32 Å². The van der Waals surface area contributed by atoms with Crippen LogP contribution in [0.5, 0.6) is 0 Å². The zero-order chi connectivity index (χ0) is 15.3. The predicted molar refractivity (Wildman–Crippen MR) is 78.4 cm³/mol. The van der Waals surface area contributed by atoms with Crippen molar-refractivity contribution >= 4 is 17.7 Å². The first-order valence-electron chi connectivity index (χ1n) is 6.94. The van der Waals surface area contributed by atoms with Gasteiger partial charge in [-0.25, -0.2) is 4.79 Å². The van der Waals surface area contributed by atoms with Gasteiger partial charge in [0, 0.05) is 18.7 Å². The fraction of sp³-hybridized carbons (Fsp3) is 0.467. The summed E-state index contributed by atoms with van der Waals surface area (Å²) >= 11 is 0. The standard InChI is InChI=1S/C15H20N2O4/c1-15(7-8-21-10-15)17-14(20)16-12-4-2-3-11(9-12)5-6-13(18)19/h2-4,9H,5-8,10H2,1H3,(H,18,19)(H2,16,17,20). The highest BCUT2D eigenvalue weighted by Crippen LogP contribution is 2.18. The maximum absolute atomic E-state index is 12.0. The van der Waals surface area contributed by atoms with Gasteiger partial charge in [0.15, 0.2) is 0 Å². The van der Waals surface area contributed by atoms with Gasteiger partial charge in [-0.15, -0.1) is 0 Å². The summed E-state index contributed by atoms with van der Waals surface area (Å²) in [5, 5.41) is 14.4. The van der Waals surface area contributed by atoms with Gasteiger partial charge in [-0.05, 0) is 37.5 Å². The number of ether oxygens (including phenoxy) is 1. The van der Waals surface area contributed by atoms with Crippen molar-refractivity contribution in [3.05, 3.63) is 29.8 Å². The molecule has 1 fully saturated rings. The number of carboxylic acid groups (broad SMARTS) is 1. The molecule has 1 atom stereocenters. The van der Waals surface area contributed by atoms with E-state index in [4.69, 9.17) is 9.84 Å². The Bertz CT molecular complexity index is 524. The summed E-state index contributed by atoms with van der Waals surface area (Å²) in [6.45, 7) is 3.11. The molecule has 0 radical (unpaired) electrons. The molecule has 1 saturated heterocycles. The normalized spacial score (nSPS) is 21.0. The lowest BCUT2D eigenvalue weighted by molar-refractivity contribution is -0.136. The summed E-state index contributed by atoms with van der Waals surface area (Å²) in [5.41, 5.74) is 1.20. The van der Waals surface area contributed by atoms with Gasteiger partial charge < -0.3 is 20.5 Å². The molecule has 6 heteroatoms. The molecule has 0 saturated carbocycles. The van der Waals surface area contributed by atoms with Crippen molar-refractivity contribution < 1.29 is 19.4 Å². The maximum atomic E-state index is 12.0. The summed E-state index contributed by atoms with van der Waals surface area (Å²) in [4.78, 5) is 22.6. The molecule has 6 nitrogen and oxygen atoms in total. The lowest BCUT2D eigenvalue weighted by Gasteiger charge is -2.23. The molecule has 1 aromatic rings. The second-order valence-electron chi connectivity index (χ2n) is 5.54.